The number of hydrogen-bond acceptors (Lipinski definition) is 2. The first-order chi connectivity index (χ1) is 25.3. The number of hydrogen-bond donors (Lipinski definition) is 0. The Labute approximate surface area is 294 Å². The first-order valence-corrected chi connectivity index (χ1v) is 17.5. The lowest BCUT2D eigenvalue weighted by molar-refractivity contribution is 0.660. The summed E-state index contributed by atoms with van der Waals surface area (Å²) < 4.78 is 9.05. The fourth-order valence-corrected chi connectivity index (χ4v) is 8.56. The minimum atomic E-state index is -0.0299. The predicted molar refractivity (Wildman–Crippen MR) is 214 cm³/mol. The lowest BCUT2D eigenvalue weighted by Crippen LogP contribution is -1.93. The third kappa shape index (κ3) is 4.09. The van der Waals surface area contributed by atoms with Crippen LogP contribution in [0.15, 0.2) is 179 Å². The average molecular weight is 651 g/mol. The van der Waals surface area contributed by atoms with Crippen LogP contribution in [-0.2, 0) is 0 Å². The van der Waals surface area contributed by atoms with E-state index in [1.165, 1.54) is 65.6 Å². The first-order valence-electron chi connectivity index (χ1n) is 17.5. The fraction of sp³-hybridized carbons (Fsp3) is 0.0208. The fourth-order valence-electron chi connectivity index (χ4n) is 8.56. The van der Waals surface area contributed by atoms with E-state index >= 15 is 0 Å². The van der Waals surface area contributed by atoms with Crippen molar-refractivity contribution in [2.45, 2.75) is 6.04 Å². The minimum Gasteiger partial charge on any atom is -0.456 e. The Kier molecular flexibility index (Phi) is 6.02. The van der Waals surface area contributed by atoms with Crippen molar-refractivity contribution in [3.05, 3.63) is 175 Å². The van der Waals surface area contributed by atoms with Crippen molar-refractivity contribution < 1.29 is 4.42 Å². The molecule has 0 bridgehead atoms. The van der Waals surface area contributed by atoms with Gasteiger partial charge in [0.05, 0.1) is 17.1 Å². The van der Waals surface area contributed by atoms with Gasteiger partial charge in [-0.3, -0.25) is 4.99 Å². The molecule has 0 N–H and O–H groups in total. The van der Waals surface area contributed by atoms with Gasteiger partial charge in [-0.15, -0.1) is 0 Å². The van der Waals surface area contributed by atoms with Gasteiger partial charge >= 0.3 is 0 Å². The highest BCUT2D eigenvalue weighted by molar-refractivity contribution is 6.26. The third-order valence-corrected chi connectivity index (χ3v) is 10.7. The van der Waals surface area contributed by atoms with E-state index in [-0.39, 0.29) is 6.04 Å². The van der Waals surface area contributed by atoms with Crippen LogP contribution in [0.5, 0.6) is 0 Å². The molecule has 0 fully saturated rings. The Hall–Kier alpha value is -6.71. The monoisotopic (exact) mass is 650 g/mol. The number of aliphatic imine (C=N–C) groups is 1. The Morgan fingerprint density at radius 2 is 1.16 bits per heavy atom. The van der Waals surface area contributed by atoms with Gasteiger partial charge in [0.1, 0.15) is 11.2 Å². The smallest absolute Gasteiger partial charge is 0.141 e. The zero-order valence-electron chi connectivity index (χ0n) is 27.6. The summed E-state index contributed by atoms with van der Waals surface area (Å²) in [5.74, 6) is 0. The summed E-state index contributed by atoms with van der Waals surface area (Å²) in [4.78, 5) is 4.68. The number of aromatic nitrogens is 1. The van der Waals surface area contributed by atoms with Crippen LogP contribution >= 0.6 is 0 Å². The largest absolute Gasteiger partial charge is 0.456 e. The first kappa shape index (κ1) is 28.2. The molecule has 3 heterocycles. The molecule has 1 atom stereocenters. The molecule has 0 saturated heterocycles. The Bertz CT molecular complexity index is 3020. The zero-order chi connectivity index (χ0) is 33.5. The van der Waals surface area contributed by atoms with Gasteiger partial charge in [-0.1, -0.05) is 127 Å². The molecule has 2 aromatic heterocycles. The van der Waals surface area contributed by atoms with Crippen LogP contribution in [-0.4, -0.2) is 10.8 Å². The number of allylic oxidation sites excluding steroid dienone is 1. The normalized spacial score (nSPS) is 14.3. The lowest BCUT2D eigenvalue weighted by atomic mass is 9.84. The van der Waals surface area contributed by atoms with Gasteiger partial charge in [0.15, 0.2) is 0 Å². The summed E-state index contributed by atoms with van der Waals surface area (Å²) in [5, 5.41) is 9.65. The van der Waals surface area contributed by atoms with Gasteiger partial charge in [0.2, 0.25) is 0 Å². The van der Waals surface area contributed by atoms with E-state index in [4.69, 9.17) is 4.42 Å². The molecular formula is C48H30N2O. The molecule has 1 unspecified atom stereocenters. The van der Waals surface area contributed by atoms with Crippen molar-refractivity contribution in [2.24, 2.45) is 4.99 Å². The second-order valence-electron chi connectivity index (χ2n) is 13.4. The Balaban J connectivity index is 1.21. The quantitative estimate of drug-likeness (QED) is 0.174. The molecule has 0 spiro atoms. The lowest BCUT2D eigenvalue weighted by Gasteiger charge is -2.18. The van der Waals surface area contributed by atoms with Crippen LogP contribution in [0.3, 0.4) is 0 Å². The SMILES string of the molecule is C1=CC(c2cccc3c2oc2cccc(-c4c5ccccc5c(-c5ccc6c(c5)c5ccccc5n6-c5ccccc5)c5ccccc45)c23)N=C1. The summed E-state index contributed by atoms with van der Waals surface area (Å²) in [6, 6.07) is 57.1. The van der Waals surface area contributed by atoms with Crippen LogP contribution < -0.4 is 0 Å². The van der Waals surface area contributed by atoms with Crippen molar-refractivity contribution >= 4 is 71.5 Å². The Morgan fingerprint density at radius 3 is 1.90 bits per heavy atom. The topological polar surface area (TPSA) is 30.4 Å². The van der Waals surface area contributed by atoms with E-state index in [0.29, 0.717) is 0 Å². The molecule has 0 aliphatic carbocycles. The van der Waals surface area contributed by atoms with Gasteiger partial charge in [0, 0.05) is 39.0 Å². The number of para-hydroxylation sites is 3. The molecule has 1 aliphatic heterocycles. The van der Waals surface area contributed by atoms with E-state index in [2.05, 4.69) is 173 Å². The highest BCUT2D eigenvalue weighted by Crippen LogP contribution is 2.48. The third-order valence-electron chi connectivity index (χ3n) is 10.7. The van der Waals surface area contributed by atoms with Gasteiger partial charge < -0.3 is 8.98 Å². The number of benzene rings is 8. The molecule has 51 heavy (non-hydrogen) atoms. The minimum absolute atomic E-state index is 0.0299. The van der Waals surface area contributed by atoms with E-state index in [1.54, 1.807) is 0 Å². The molecule has 10 aromatic rings. The van der Waals surface area contributed by atoms with Crippen molar-refractivity contribution in [3.8, 4) is 27.9 Å². The standard InChI is InChI=1S/C48H30N2O/c1-2-13-31(14-3-1)50-42-24-9-8-15-32(42)40-29-30(26-27-43(40)50)45-33-16-4-6-18-35(33)46(36-19-7-5-17-34(36)45)38-21-11-25-44-47(38)39-22-10-20-37(48(39)51-44)41-23-12-28-49-41/h1-29,41H. The van der Waals surface area contributed by atoms with E-state index in [0.717, 1.165) is 33.2 Å². The van der Waals surface area contributed by atoms with Crippen molar-refractivity contribution in [3.63, 3.8) is 0 Å². The molecule has 1 aliphatic rings. The molecular weight excluding hydrogens is 621 g/mol. The maximum atomic E-state index is 6.68. The maximum Gasteiger partial charge on any atom is 0.141 e. The Morgan fingerprint density at radius 1 is 0.510 bits per heavy atom. The molecule has 11 rings (SSSR count). The average Bonchev–Trinajstić information content (AvgIpc) is 3.94. The van der Waals surface area contributed by atoms with E-state index in [9.17, 15) is 0 Å². The van der Waals surface area contributed by atoms with Gasteiger partial charge in [0.25, 0.3) is 0 Å². The molecule has 3 heteroatoms. The van der Waals surface area contributed by atoms with Crippen LogP contribution in [0.2, 0.25) is 0 Å². The molecule has 238 valence electrons. The van der Waals surface area contributed by atoms with E-state index in [1.807, 2.05) is 12.3 Å². The summed E-state index contributed by atoms with van der Waals surface area (Å²) >= 11 is 0. The summed E-state index contributed by atoms with van der Waals surface area (Å²) in [7, 11) is 0. The molecule has 0 radical (unpaired) electrons. The van der Waals surface area contributed by atoms with Crippen LogP contribution in [0.4, 0.5) is 0 Å². The van der Waals surface area contributed by atoms with Crippen LogP contribution in [0, 0.1) is 0 Å². The predicted octanol–water partition coefficient (Wildman–Crippen LogP) is 13.0. The van der Waals surface area contributed by atoms with Crippen molar-refractivity contribution in [1.82, 2.24) is 4.57 Å². The van der Waals surface area contributed by atoms with Crippen molar-refractivity contribution in [1.29, 1.82) is 0 Å². The van der Waals surface area contributed by atoms with Gasteiger partial charge in [-0.05, 0) is 86.3 Å². The number of nitrogens with zero attached hydrogens (tertiary/aromatic N) is 2. The zero-order valence-corrected chi connectivity index (χ0v) is 27.6. The molecule has 0 saturated carbocycles. The van der Waals surface area contributed by atoms with Crippen molar-refractivity contribution in [2.75, 3.05) is 0 Å². The number of furan rings is 1. The van der Waals surface area contributed by atoms with Gasteiger partial charge in [-0.25, -0.2) is 0 Å². The summed E-state index contributed by atoms with van der Waals surface area (Å²) in [6.45, 7) is 0. The second-order valence-corrected chi connectivity index (χ2v) is 13.4. The maximum absolute atomic E-state index is 6.68. The van der Waals surface area contributed by atoms with E-state index < -0.39 is 0 Å². The summed E-state index contributed by atoms with van der Waals surface area (Å²) in [6.07, 6.45) is 6.01. The number of fused-ring (bicyclic) bond motifs is 8. The molecule has 3 nitrogen and oxygen atoms in total. The highest BCUT2D eigenvalue weighted by Gasteiger charge is 2.23. The summed E-state index contributed by atoms with van der Waals surface area (Å²) in [5.41, 5.74) is 11.3. The molecule has 8 aromatic carbocycles. The second kappa shape index (κ2) is 10.9. The van der Waals surface area contributed by atoms with Crippen LogP contribution in [0.1, 0.15) is 11.6 Å². The van der Waals surface area contributed by atoms with Crippen LogP contribution in [0.25, 0.3) is 93.2 Å². The highest BCUT2D eigenvalue weighted by atomic mass is 16.3. The van der Waals surface area contributed by atoms with Gasteiger partial charge in [-0.2, -0.15) is 0 Å². The molecule has 0 amide bonds. The number of rotatable bonds is 4.